The summed E-state index contributed by atoms with van der Waals surface area (Å²) in [4.78, 5) is 47.1. The molecule has 3 rings (SSSR count). The van der Waals surface area contributed by atoms with Gasteiger partial charge in [0.05, 0.1) is 6.33 Å². The number of rotatable bonds is 10. The van der Waals surface area contributed by atoms with E-state index in [1.165, 1.54) is 13.3 Å². The number of carboxylic acid groups (broad SMARTS) is 4. The van der Waals surface area contributed by atoms with Gasteiger partial charge in [-0.25, -0.2) is 4.98 Å². The Balaban J connectivity index is 0.000000535. The highest BCUT2D eigenvalue weighted by atomic mass is 16.4. The van der Waals surface area contributed by atoms with Crippen LogP contribution < -0.4 is 22.9 Å². The number of H-pyrrole nitrogens is 1. The van der Waals surface area contributed by atoms with Crippen LogP contribution in [-0.4, -0.2) is 78.4 Å². The van der Waals surface area contributed by atoms with Crippen molar-refractivity contribution in [2.75, 3.05) is 0 Å². The van der Waals surface area contributed by atoms with Gasteiger partial charge in [-0.1, -0.05) is 60.7 Å². The molecule has 4 atom stereocenters. The van der Waals surface area contributed by atoms with Gasteiger partial charge in [-0.15, -0.1) is 0 Å². The number of carbonyl (C=O) groups is 4. The van der Waals surface area contributed by atoms with Crippen LogP contribution in [0.1, 0.15) is 23.7 Å². The second kappa shape index (κ2) is 20.3. The van der Waals surface area contributed by atoms with Crippen molar-refractivity contribution in [2.45, 2.75) is 50.4 Å². The Hall–Kier alpha value is -4.63. The Morgan fingerprint density at radius 1 is 0.659 bits per heavy atom. The maximum absolute atomic E-state index is 10.4. The van der Waals surface area contributed by atoms with Crippen molar-refractivity contribution in [1.82, 2.24) is 9.97 Å². The quantitative estimate of drug-likeness (QED) is 0.155. The summed E-state index contributed by atoms with van der Waals surface area (Å²) in [5.74, 6) is -3.88. The number of hydrogen-bond donors (Lipinski definition) is 9. The molecule has 2 aromatic carbocycles. The Bertz CT molecular complexity index is 1100. The Labute approximate surface area is 237 Å². The van der Waals surface area contributed by atoms with Gasteiger partial charge in [-0.05, 0) is 30.9 Å². The fraction of sp³-hybridized carbons (Fsp3) is 0.296. The molecule has 14 heteroatoms. The van der Waals surface area contributed by atoms with E-state index in [2.05, 4.69) is 9.97 Å². The highest BCUT2D eigenvalue weighted by Crippen LogP contribution is 2.02. The van der Waals surface area contributed by atoms with Crippen molar-refractivity contribution in [3.63, 3.8) is 0 Å². The molecule has 0 saturated heterocycles. The maximum atomic E-state index is 10.4. The summed E-state index contributed by atoms with van der Waals surface area (Å²) in [7, 11) is 0. The number of aromatic nitrogens is 2. The first kappa shape index (κ1) is 36.4. The Morgan fingerprint density at radius 2 is 1.00 bits per heavy atom. The van der Waals surface area contributed by atoms with E-state index in [4.69, 9.17) is 43.4 Å². The second-order valence-corrected chi connectivity index (χ2v) is 8.62. The zero-order valence-electron chi connectivity index (χ0n) is 22.5. The van der Waals surface area contributed by atoms with E-state index in [0.717, 1.165) is 16.8 Å². The first-order valence-electron chi connectivity index (χ1n) is 12.2. The molecular formula is C27H38N6O8. The summed E-state index contributed by atoms with van der Waals surface area (Å²) in [5, 5.41) is 33.3. The van der Waals surface area contributed by atoms with E-state index in [1.807, 2.05) is 60.7 Å². The van der Waals surface area contributed by atoms with E-state index in [9.17, 15) is 19.2 Å². The van der Waals surface area contributed by atoms with Gasteiger partial charge in [0, 0.05) is 18.3 Å². The van der Waals surface area contributed by atoms with Crippen LogP contribution in [0.2, 0.25) is 0 Å². The van der Waals surface area contributed by atoms with Crippen LogP contribution in [-0.2, 0) is 38.4 Å². The van der Waals surface area contributed by atoms with Crippen LogP contribution in [0, 0.1) is 0 Å². The van der Waals surface area contributed by atoms with Crippen LogP contribution in [0.4, 0.5) is 0 Å². The minimum Gasteiger partial charge on any atom is -0.480 e. The first-order valence-corrected chi connectivity index (χ1v) is 12.2. The molecule has 0 aliphatic heterocycles. The summed E-state index contributed by atoms with van der Waals surface area (Å²) < 4.78 is 0. The van der Waals surface area contributed by atoms with E-state index >= 15 is 0 Å². The predicted molar refractivity (Wildman–Crippen MR) is 151 cm³/mol. The van der Waals surface area contributed by atoms with Gasteiger partial charge in [0.25, 0.3) is 0 Å². The summed E-state index contributed by atoms with van der Waals surface area (Å²) in [5.41, 5.74) is 23.4. The maximum Gasteiger partial charge on any atom is 0.320 e. The summed E-state index contributed by atoms with van der Waals surface area (Å²) in [6, 6.07) is 15.5. The third-order valence-corrected chi connectivity index (χ3v) is 4.93. The van der Waals surface area contributed by atoms with Crippen LogP contribution in [0.25, 0.3) is 0 Å². The van der Waals surface area contributed by atoms with Crippen LogP contribution >= 0.6 is 0 Å². The molecule has 0 aliphatic carbocycles. The smallest absolute Gasteiger partial charge is 0.320 e. The molecule has 13 N–H and O–H groups in total. The summed E-state index contributed by atoms with van der Waals surface area (Å²) >= 11 is 0. The van der Waals surface area contributed by atoms with Crippen LogP contribution in [0.15, 0.2) is 73.2 Å². The molecule has 1 heterocycles. The first-order chi connectivity index (χ1) is 19.2. The average molecular weight is 575 g/mol. The number of nitrogens with one attached hydrogen (secondary N) is 1. The van der Waals surface area contributed by atoms with E-state index in [-0.39, 0.29) is 6.42 Å². The number of nitrogens with zero attached hydrogens (tertiary/aromatic N) is 1. The van der Waals surface area contributed by atoms with Gasteiger partial charge < -0.3 is 48.3 Å². The number of benzene rings is 2. The third kappa shape index (κ3) is 18.3. The van der Waals surface area contributed by atoms with Gasteiger partial charge in [0.1, 0.15) is 24.2 Å². The number of imidazole rings is 1. The van der Waals surface area contributed by atoms with Crippen molar-refractivity contribution in [2.24, 2.45) is 22.9 Å². The number of nitrogens with two attached hydrogens (primary N) is 4. The number of carboxylic acids is 4. The number of aliphatic carboxylic acids is 4. The topological polar surface area (TPSA) is 282 Å². The summed E-state index contributed by atoms with van der Waals surface area (Å²) in [6.07, 6.45) is 4.11. The lowest BCUT2D eigenvalue weighted by molar-refractivity contribution is -0.139. The van der Waals surface area contributed by atoms with Crippen LogP contribution in [0.5, 0.6) is 0 Å². The lowest BCUT2D eigenvalue weighted by Crippen LogP contribution is -2.32. The molecule has 41 heavy (non-hydrogen) atoms. The molecule has 0 amide bonds. The molecule has 0 unspecified atom stereocenters. The van der Waals surface area contributed by atoms with Crippen molar-refractivity contribution in [3.8, 4) is 0 Å². The Morgan fingerprint density at radius 3 is 1.27 bits per heavy atom. The summed E-state index contributed by atoms with van der Waals surface area (Å²) in [6.45, 7) is 1.42. The Kier molecular flexibility index (Phi) is 18.0. The number of hydrogen-bond acceptors (Lipinski definition) is 9. The van der Waals surface area contributed by atoms with E-state index < -0.39 is 48.0 Å². The van der Waals surface area contributed by atoms with Gasteiger partial charge in [0.2, 0.25) is 0 Å². The van der Waals surface area contributed by atoms with Crippen molar-refractivity contribution >= 4 is 23.9 Å². The molecule has 14 nitrogen and oxygen atoms in total. The normalized spacial score (nSPS) is 12.7. The van der Waals surface area contributed by atoms with Crippen molar-refractivity contribution in [3.05, 3.63) is 90.0 Å². The average Bonchev–Trinajstić information content (AvgIpc) is 3.44. The largest absolute Gasteiger partial charge is 0.480 e. The van der Waals surface area contributed by atoms with Crippen molar-refractivity contribution in [1.29, 1.82) is 0 Å². The molecule has 0 radical (unpaired) electrons. The fourth-order valence-electron chi connectivity index (χ4n) is 2.63. The van der Waals surface area contributed by atoms with E-state index in [1.54, 1.807) is 6.20 Å². The molecule has 0 bridgehead atoms. The standard InChI is InChI=1S/2C9H11NO2.C6H9N3O2.C3H7NO2/c2*10-8(9(11)12)6-7-4-2-1-3-5-7;7-5(6(10)11)1-4-2-8-3-9-4;1-2(4)3(5)6/h2*1-5,8H,6,10H2,(H,11,12);2-3,5H,1,7H2,(H,8,9)(H,10,11);2H,4H2,1H3,(H,5,6)/t2*8-;5-;2-/m0000/s1. The monoisotopic (exact) mass is 574 g/mol. The molecule has 1 aromatic heterocycles. The highest BCUT2D eigenvalue weighted by molar-refractivity contribution is 5.74. The minimum absolute atomic E-state index is 0.287. The number of aromatic amines is 1. The molecule has 0 fully saturated rings. The molecule has 0 spiro atoms. The highest BCUT2D eigenvalue weighted by Gasteiger charge is 2.13. The fourth-order valence-corrected chi connectivity index (χ4v) is 2.63. The minimum atomic E-state index is -1.00. The second-order valence-electron chi connectivity index (χ2n) is 8.62. The molecular weight excluding hydrogens is 536 g/mol. The van der Waals surface area contributed by atoms with Gasteiger partial charge >= 0.3 is 23.9 Å². The molecule has 224 valence electrons. The van der Waals surface area contributed by atoms with Gasteiger partial charge in [-0.2, -0.15) is 0 Å². The van der Waals surface area contributed by atoms with Crippen LogP contribution in [0.3, 0.4) is 0 Å². The third-order valence-electron chi connectivity index (χ3n) is 4.93. The lowest BCUT2D eigenvalue weighted by atomic mass is 10.1. The van der Waals surface area contributed by atoms with Crippen molar-refractivity contribution < 1.29 is 39.6 Å². The van der Waals surface area contributed by atoms with Gasteiger partial charge in [0.15, 0.2) is 0 Å². The zero-order chi connectivity index (χ0) is 31.4. The molecule has 0 saturated carbocycles. The zero-order valence-corrected chi connectivity index (χ0v) is 22.5. The van der Waals surface area contributed by atoms with E-state index in [0.29, 0.717) is 12.8 Å². The predicted octanol–water partition coefficient (Wildman–Crippen LogP) is 0.0643. The molecule has 3 aromatic rings. The lowest BCUT2D eigenvalue weighted by Gasteiger charge is -2.04. The molecule has 0 aliphatic rings. The van der Waals surface area contributed by atoms with Gasteiger partial charge in [-0.3, -0.25) is 19.2 Å². The SMILES string of the molecule is C[C@H](N)C(=O)O.N[C@@H](Cc1ccccc1)C(=O)O.N[C@@H](Cc1ccccc1)C(=O)O.N[C@@H](Cc1cnc[nH]1)C(=O)O.